The summed E-state index contributed by atoms with van der Waals surface area (Å²) in [6.07, 6.45) is 0. The zero-order valence-electron chi connectivity index (χ0n) is 18.5. The van der Waals surface area contributed by atoms with Gasteiger partial charge in [-0.05, 0) is 49.4 Å². The van der Waals surface area contributed by atoms with Crippen molar-refractivity contribution in [3.05, 3.63) is 96.8 Å². The van der Waals surface area contributed by atoms with Gasteiger partial charge in [0.05, 0.1) is 29.1 Å². The van der Waals surface area contributed by atoms with Crippen LogP contribution in [-0.4, -0.2) is 28.3 Å². The fourth-order valence-electron chi connectivity index (χ4n) is 4.45. The van der Waals surface area contributed by atoms with Gasteiger partial charge in [0.25, 0.3) is 0 Å². The number of imidazole rings is 1. The molecule has 5 aromatic rings. The van der Waals surface area contributed by atoms with Crippen LogP contribution in [0.2, 0.25) is 0 Å². The first-order valence-corrected chi connectivity index (χ1v) is 10.9. The van der Waals surface area contributed by atoms with Crippen molar-refractivity contribution in [3.63, 3.8) is 0 Å². The highest BCUT2D eigenvalue weighted by molar-refractivity contribution is 5.81. The molecular weight excluding hydrogens is 410 g/mol. The first-order valence-electron chi connectivity index (χ1n) is 10.9. The molecule has 0 spiro atoms. The second-order valence-corrected chi connectivity index (χ2v) is 8.17. The lowest BCUT2D eigenvalue weighted by atomic mass is 10.2. The average Bonchev–Trinajstić information content (AvgIpc) is 3.36. The number of benzene rings is 3. The second kappa shape index (κ2) is 7.67. The normalized spacial score (nSPS) is 12.9. The Morgan fingerprint density at radius 3 is 2.42 bits per heavy atom. The van der Waals surface area contributed by atoms with E-state index >= 15 is 0 Å². The Hall–Kier alpha value is -4.32. The molecule has 3 aromatic carbocycles. The quantitative estimate of drug-likeness (QED) is 0.344. The Bertz CT molecular complexity index is 1460. The maximum absolute atomic E-state index is 6.21. The molecule has 0 N–H and O–H groups in total. The third-order valence-corrected chi connectivity index (χ3v) is 5.95. The minimum Gasteiger partial charge on any atom is -0.439 e. The summed E-state index contributed by atoms with van der Waals surface area (Å²) < 4.78 is 8.35. The summed E-state index contributed by atoms with van der Waals surface area (Å²) in [7, 11) is 2.09. The van der Waals surface area contributed by atoms with E-state index < -0.39 is 0 Å². The van der Waals surface area contributed by atoms with E-state index in [4.69, 9.17) is 14.7 Å². The van der Waals surface area contributed by atoms with Gasteiger partial charge in [-0.1, -0.05) is 36.4 Å². The van der Waals surface area contributed by atoms with Crippen molar-refractivity contribution < 1.29 is 4.74 Å². The molecule has 0 aliphatic carbocycles. The van der Waals surface area contributed by atoms with E-state index in [2.05, 4.69) is 57.8 Å². The molecule has 0 unspecified atom stereocenters. The molecule has 0 atom stereocenters. The van der Waals surface area contributed by atoms with Gasteiger partial charge in [-0.15, -0.1) is 0 Å². The molecule has 33 heavy (non-hydrogen) atoms. The van der Waals surface area contributed by atoms with E-state index in [-0.39, 0.29) is 0 Å². The maximum Gasteiger partial charge on any atom is 0.221 e. The molecule has 162 valence electrons. The van der Waals surface area contributed by atoms with E-state index in [0.717, 1.165) is 46.5 Å². The Labute approximate surface area is 192 Å². The van der Waals surface area contributed by atoms with E-state index in [1.165, 1.54) is 5.69 Å². The summed E-state index contributed by atoms with van der Waals surface area (Å²) in [5.74, 6) is 3.07. The third kappa shape index (κ3) is 3.36. The first kappa shape index (κ1) is 19.4. The zero-order chi connectivity index (χ0) is 22.4. The number of aromatic nitrogens is 3. The highest BCUT2D eigenvalue weighted by Crippen LogP contribution is 2.39. The molecule has 1 aliphatic rings. The maximum atomic E-state index is 6.21. The molecule has 0 radical (unpaired) electrons. The predicted molar refractivity (Wildman–Crippen MR) is 132 cm³/mol. The predicted octanol–water partition coefficient (Wildman–Crippen LogP) is 6.07. The molecular formula is C27H23N5O. The number of fused-ring (bicyclic) bond motifs is 2. The van der Waals surface area contributed by atoms with Crippen molar-refractivity contribution in [2.75, 3.05) is 23.5 Å². The van der Waals surface area contributed by atoms with Crippen LogP contribution in [0.15, 0.2) is 91.0 Å². The van der Waals surface area contributed by atoms with Crippen LogP contribution in [0, 0.1) is 6.92 Å². The van der Waals surface area contributed by atoms with Crippen LogP contribution >= 0.6 is 0 Å². The lowest BCUT2D eigenvalue weighted by Crippen LogP contribution is -2.24. The Morgan fingerprint density at radius 2 is 1.58 bits per heavy atom. The molecule has 6 nitrogen and oxygen atoms in total. The molecule has 0 fully saturated rings. The number of anilines is 3. The van der Waals surface area contributed by atoms with Gasteiger partial charge in [-0.2, -0.15) is 4.98 Å². The van der Waals surface area contributed by atoms with E-state index in [9.17, 15) is 0 Å². The van der Waals surface area contributed by atoms with Gasteiger partial charge >= 0.3 is 0 Å². The van der Waals surface area contributed by atoms with Gasteiger partial charge < -0.3 is 14.5 Å². The van der Waals surface area contributed by atoms with Gasteiger partial charge in [0, 0.05) is 24.9 Å². The molecule has 3 heterocycles. The van der Waals surface area contributed by atoms with E-state index in [1.54, 1.807) is 0 Å². The molecule has 0 saturated heterocycles. The van der Waals surface area contributed by atoms with Gasteiger partial charge in [-0.3, -0.25) is 4.57 Å². The van der Waals surface area contributed by atoms with Crippen molar-refractivity contribution >= 4 is 28.2 Å². The molecule has 6 heteroatoms. The van der Waals surface area contributed by atoms with Crippen LogP contribution in [-0.2, 0) is 0 Å². The Balaban J connectivity index is 1.34. The van der Waals surface area contributed by atoms with Crippen molar-refractivity contribution in [3.8, 4) is 17.3 Å². The largest absolute Gasteiger partial charge is 0.439 e. The lowest BCUT2D eigenvalue weighted by Gasteiger charge is -2.19. The van der Waals surface area contributed by atoms with E-state index in [1.807, 2.05) is 61.5 Å². The van der Waals surface area contributed by atoms with Crippen molar-refractivity contribution in [1.29, 1.82) is 0 Å². The van der Waals surface area contributed by atoms with Crippen LogP contribution < -0.4 is 14.5 Å². The van der Waals surface area contributed by atoms with Crippen LogP contribution in [0.1, 0.15) is 5.82 Å². The number of aryl methyl sites for hydroxylation is 1. The molecule has 6 rings (SSSR count). The molecule has 2 aromatic heterocycles. The summed E-state index contributed by atoms with van der Waals surface area (Å²) in [6.45, 7) is 2.76. The number of ether oxygens (including phenoxy) is 1. The first-order chi connectivity index (χ1) is 16.2. The van der Waals surface area contributed by atoms with E-state index in [0.29, 0.717) is 5.88 Å². The molecule has 1 aliphatic heterocycles. The third-order valence-electron chi connectivity index (χ3n) is 5.95. The van der Waals surface area contributed by atoms with Gasteiger partial charge in [0.2, 0.25) is 5.88 Å². The molecule has 0 bridgehead atoms. The standard InChI is InChI=1S/C27H23N5O/c1-19-28-22-16-15-21(17-25(22)32(19)20-9-4-3-5-10-20)33-27-14-8-13-26(29-27)31-18-30(2)23-11-6-7-12-24(23)31/h3-17H,18H2,1-2H3. The smallest absolute Gasteiger partial charge is 0.221 e. The van der Waals surface area contributed by atoms with Crippen molar-refractivity contribution in [2.45, 2.75) is 6.92 Å². The molecule has 0 saturated carbocycles. The summed E-state index contributed by atoms with van der Waals surface area (Å²) in [6, 6.07) is 30.4. The monoisotopic (exact) mass is 433 g/mol. The van der Waals surface area contributed by atoms with Crippen LogP contribution in [0.4, 0.5) is 17.2 Å². The summed E-state index contributed by atoms with van der Waals surface area (Å²) >= 11 is 0. The minimum absolute atomic E-state index is 0.557. The van der Waals surface area contributed by atoms with Gasteiger partial charge in [-0.25, -0.2) is 4.98 Å². The zero-order valence-corrected chi connectivity index (χ0v) is 18.5. The fraction of sp³-hybridized carbons (Fsp3) is 0.111. The number of pyridine rings is 1. The van der Waals surface area contributed by atoms with Crippen molar-refractivity contribution in [1.82, 2.24) is 14.5 Å². The van der Waals surface area contributed by atoms with Crippen LogP contribution in [0.25, 0.3) is 16.7 Å². The number of nitrogens with zero attached hydrogens (tertiary/aromatic N) is 5. The summed E-state index contributed by atoms with van der Waals surface area (Å²) in [5.41, 5.74) is 5.35. The number of hydrogen-bond acceptors (Lipinski definition) is 5. The number of rotatable bonds is 4. The van der Waals surface area contributed by atoms with Gasteiger partial charge in [0.1, 0.15) is 17.4 Å². The van der Waals surface area contributed by atoms with Gasteiger partial charge in [0.15, 0.2) is 0 Å². The Morgan fingerprint density at radius 1 is 0.788 bits per heavy atom. The Kier molecular flexibility index (Phi) is 4.50. The highest BCUT2D eigenvalue weighted by atomic mass is 16.5. The number of hydrogen-bond donors (Lipinski definition) is 0. The second-order valence-electron chi connectivity index (χ2n) is 8.17. The SMILES string of the molecule is Cc1nc2ccc(Oc3cccc(N4CN(C)c5ccccc54)n3)cc2n1-c1ccccc1. The van der Waals surface area contributed by atoms with Crippen LogP contribution in [0.5, 0.6) is 11.6 Å². The van der Waals surface area contributed by atoms with Crippen molar-refractivity contribution in [2.24, 2.45) is 0 Å². The lowest BCUT2D eigenvalue weighted by molar-refractivity contribution is 0.463. The fourth-order valence-corrected chi connectivity index (χ4v) is 4.45. The summed E-state index contributed by atoms with van der Waals surface area (Å²) in [4.78, 5) is 13.9. The number of para-hydroxylation sites is 3. The summed E-state index contributed by atoms with van der Waals surface area (Å²) in [5, 5.41) is 0. The topological polar surface area (TPSA) is 46.4 Å². The average molecular weight is 434 g/mol. The highest BCUT2D eigenvalue weighted by Gasteiger charge is 2.25. The molecule has 0 amide bonds. The minimum atomic E-state index is 0.557. The van der Waals surface area contributed by atoms with Crippen LogP contribution in [0.3, 0.4) is 0 Å².